The molecule has 4 heteroatoms. The Morgan fingerprint density at radius 1 is 1.19 bits per heavy atom. The van der Waals surface area contributed by atoms with E-state index in [-0.39, 0.29) is 17.8 Å². The molecular weight excluding hydrogens is 267 g/mol. The summed E-state index contributed by atoms with van der Waals surface area (Å²) in [6, 6.07) is 11.4. The number of amides is 1. The number of hydrogen-bond donors (Lipinski definition) is 1. The third-order valence-corrected chi connectivity index (χ3v) is 3.86. The van der Waals surface area contributed by atoms with Crippen LogP contribution in [0.1, 0.15) is 34.5 Å². The highest BCUT2D eigenvalue weighted by Gasteiger charge is 2.22. The molecule has 0 fully saturated rings. The van der Waals surface area contributed by atoms with E-state index in [4.69, 9.17) is 5.73 Å². The van der Waals surface area contributed by atoms with Crippen LogP contribution in [0, 0.1) is 12.7 Å². The molecule has 0 aliphatic carbocycles. The van der Waals surface area contributed by atoms with Crippen LogP contribution < -0.4 is 5.73 Å². The molecule has 0 spiro atoms. The maximum atomic E-state index is 13.9. The lowest BCUT2D eigenvalue weighted by atomic mass is 10.0. The molecule has 1 atom stereocenters. The van der Waals surface area contributed by atoms with Crippen LogP contribution in [-0.2, 0) is 0 Å². The Kier molecular flexibility index (Phi) is 4.26. The molecular formula is C17H19FN2O. The van der Waals surface area contributed by atoms with Crippen molar-refractivity contribution < 1.29 is 9.18 Å². The van der Waals surface area contributed by atoms with Crippen molar-refractivity contribution in [2.24, 2.45) is 0 Å². The fourth-order valence-electron chi connectivity index (χ4n) is 2.27. The molecule has 2 N–H and O–H groups in total. The van der Waals surface area contributed by atoms with Gasteiger partial charge in [-0.05, 0) is 37.6 Å². The average molecular weight is 286 g/mol. The van der Waals surface area contributed by atoms with Gasteiger partial charge in [-0.15, -0.1) is 0 Å². The van der Waals surface area contributed by atoms with Gasteiger partial charge in [-0.1, -0.05) is 24.3 Å². The molecule has 0 saturated heterocycles. The Labute approximate surface area is 124 Å². The number of nitrogen functional groups attached to an aromatic ring is 1. The largest absolute Gasteiger partial charge is 0.398 e. The summed E-state index contributed by atoms with van der Waals surface area (Å²) in [4.78, 5) is 14.1. The first kappa shape index (κ1) is 15.0. The predicted molar refractivity (Wildman–Crippen MR) is 82.5 cm³/mol. The second kappa shape index (κ2) is 5.95. The first-order chi connectivity index (χ1) is 9.93. The summed E-state index contributed by atoms with van der Waals surface area (Å²) in [6.07, 6.45) is 0. The van der Waals surface area contributed by atoms with Crippen molar-refractivity contribution >= 4 is 11.6 Å². The molecule has 0 bridgehead atoms. The molecule has 110 valence electrons. The maximum absolute atomic E-state index is 13.9. The van der Waals surface area contributed by atoms with Gasteiger partial charge in [0, 0.05) is 23.9 Å². The predicted octanol–water partition coefficient (Wildman–Crippen LogP) is 3.55. The number of benzene rings is 2. The van der Waals surface area contributed by atoms with Crippen molar-refractivity contribution in [2.75, 3.05) is 12.8 Å². The van der Waals surface area contributed by atoms with Crippen molar-refractivity contribution in [3.8, 4) is 0 Å². The molecule has 2 aromatic rings. The Morgan fingerprint density at radius 2 is 1.86 bits per heavy atom. The summed E-state index contributed by atoms with van der Waals surface area (Å²) in [5.74, 6) is -0.482. The minimum Gasteiger partial charge on any atom is -0.398 e. The van der Waals surface area contributed by atoms with Crippen LogP contribution in [0.25, 0.3) is 0 Å². The number of carbonyl (C=O) groups excluding carboxylic acids is 1. The number of nitrogens with two attached hydrogens (primary N) is 1. The molecule has 21 heavy (non-hydrogen) atoms. The maximum Gasteiger partial charge on any atom is 0.254 e. The normalized spacial score (nSPS) is 12.0. The van der Waals surface area contributed by atoms with E-state index in [0.29, 0.717) is 16.8 Å². The van der Waals surface area contributed by atoms with Gasteiger partial charge in [-0.2, -0.15) is 0 Å². The van der Waals surface area contributed by atoms with Gasteiger partial charge in [0.15, 0.2) is 0 Å². The second-order valence-electron chi connectivity index (χ2n) is 5.13. The monoisotopic (exact) mass is 286 g/mol. The van der Waals surface area contributed by atoms with E-state index in [2.05, 4.69) is 0 Å². The first-order valence-electron chi connectivity index (χ1n) is 6.80. The van der Waals surface area contributed by atoms with Crippen LogP contribution in [0.4, 0.5) is 10.1 Å². The first-order valence-corrected chi connectivity index (χ1v) is 6.80. The van der Waals surface area contributed by atoms with E-state index in [0.717, 1.165) is 5.56 Å². The van der Waals surface area contributed by atoms with Crippen molar-refractivity contribution in [2.45, 2.75) is 19.9 Å². The van der Waals surface area contributed by atoms with Crippen LogP contribution >= 0.6 is 0 Å². The zero-order chi connectivity index (χ0) is 15.6. The highest BCUT2D eigenvalue weighted by molar-refractivity contribution is 5.97. The number of nitrogens with zero attached hydrogens (tertiary/aromatic N) is 1. The van der Waals surface area contributed by atoms with E-state index >= 15 is 0 Å². The average Bonchev–Trinajstić information content (AvgIpc) is 2.48. The van der Waals surface area contributed by atoms with Crippen LogP contribution in [-0.4, -0.2) is 17.9 Å². The smallest absolute Gasteiger partial charge is 0.254 e. The summed E-state index contributed by atoms with van der Waals surface area (Å²) < 4.78 is 13.9. The van der Waals surface area contributed by atoms with Crippen molar-refractivity contribution in [3.63, 3.8) is 0 Å². The van der Waals surface area contributed by atoms with Crippen molar-refractivity contribution in [1.29, 1.82) is 0 Å². The summed E-state index contributed by atoms with van der Waals surface area (Å²) in [5, 5.41) is 0. The molecule has 1 amide bonds. The molecule has 2 rings (SSSR count). The molecule has 2 aromatic carbocycles. The zero-order valence-electron chi connectivity index (χ0n) is 12.4. The van der Waals surface area contributed by atoms with Gasteiger partial charge in [-0.3, -0.25) is 4.79 Å². The minimum absolute atomic E-state index is 0.171. The number of rotatable bonds is 3. The fraction of sp³-hybridized carbons (Fsp3) is 0.235. The van der Waals surface area contributed by atoms with E-state index in [1.807, 2.05) is 6.92 Å². The van der Waals surface area contributed by atoms with Crippen molar-refractivity contribution in [1.82, 2.24) is 4.90 Å². The van der Waals surface area contributed by atoms with Gasteiger partial charge in [0.1, 0.15) is 5.82 Å². The topological polar surface area (TPSA) is 46.3 Å². The molecule has 0 aliphatic rings. The molecule has 0 saturated carbocycles. The number of carbonyl (C=O) groups is 1. The number of anilines is 1. The van der Waals surface area contributed by atoms with E-state index < -0.39 is 0 Å². The summed E-state index contributed by atoms with van der Waals surface area (Å²) in [5.41, 5.74) is 8.20. The zero-order valence-corrected chi connectivity index (χ0v) is 12.4. The summed E-state index contributed by atoms with van der Waals surface area (Å²) in [6.45, 7) is 3.61. The lowest BCUT2D eigenvalue weighted by molar-refractivity contribution is 0.0740. The van der Waals surface area contributed by atoms with Gasteiger partial charge >= 0.3 is 0 Å². The highest BCUT2D eigenvalue weighted by atomic mass is 19.1. The Balaban J connectivity index is 2.31. The van der Waals surface area contributed by atoms with Crippen LogP contribution in [0.2, 0.25) is 0 Å². The molecule has 0 aromatic heterocycles. The summed E-state index contributed by atoms with van der Waals surface area (Å²) >= 11 is 0. The lowest BCUT2D eigenvalue weighted by Crippen LogP contribution is -2.30. The number of halogens is 1. The standard InChI is InChI=1S/C17H19FN2O/c1-11-13(8-6-10-16(11)19)17(21)20(3)12(2)14-7-4-5-9-15(14)18/h4-10,12H,19H2,1-3H3. The summed E-state index contributed by atoms with van der Waals surface area (Å²) in [7, 11) is 1.67. The second-order valence-corrected chi connectivity index (χ2v) is 5.13. The van der Waals surface area contributed by atoms with Gasteiger partial charge in [-0.25, -0.2) is 4.39 Å². The third-order valence-electron chi connectivity index (χ3n) is 3.86. The van der Waals surface area contributed by atoms with Gasteiger partial charge in [0.05, 0.1) is 6.04 Å². The van der Waals surface area contributed by atoms with E-state index in [1.165, 1.54) is 11.0 Å². The molecule has 0 radical (unpaired) electrons. The minimum atomic E-state index is -0.362. The number of hydrogen-bond acceptors (Lipinski definition) is 2. The Bertz CT molecular complexity index is 670. The fourth-order valence-corrected chi connectivity index (χ4v) is 2.27. The Morgan fingerprint density at radius 3 is 2.52 bits per heavy atom. The molecule has 3 nitrogen and oxygen atoms in total. The van der Waals surface area contributed by atoms with Gasteiger partial charge < -0.3 is 10.6 Å². The van der Waals surface area contributed by atoms with Crippen molar-refractivity contribution in [3.05, 3.63) is 65.0 Å². The quantitative estimate of drug-likeness (QED) is 0.877. The van der Waals surface area contributed by atoms with E-state index in [9.17, 15) is 9.18 Å². The van der Waals surface area contributed by atoms with Gasteiger partial charge in [0.2, 0.25) is 0 Å². The van der Waals surface area contributed by atoms with Crippen LogP contribution in [0.3, 0.4) is 0 Å². The van der Waals surface area contributed by atoms with Gasteiger partial charge in [0.25, 0.3) is 5.91 Å². The van der Waals surface area contributed by atoms with Crippen LogP contribution in [0.5, 0.6) is 0 Å². The molecule has 0 aliphatic heterocycles. The highest BCUT2D eigenvalue weighted by Crippen LogP contribution is 2.25. The lowest BCUT2D eigenvalue weighted by Gasteiger charge is -2.26. The molecule has 1 unspecified atom stereocenters. The van der Waals surface area contributed by atoms with E-state index in [1.54, 1.807) is 50.4 Å². The van der Waals surface area contributed by atoms with Crippen LogP contribution in [0.15, 0.2) is 42.5 Å². The third kappa shape index (κ3) is 2.89. The Hall–Kier alpha value is -2.36. The SMILES string of the molecule is Cc1c(N)cccc1C(=O)N(C)C(C)c1ccccc1F. The molecule has 0 heterocycles.